The lowest BCUT2D eigenvalue weighted by atomic mass is 10.2. The minimum Gasteiger partial charge on any atom is -0.425 e. The van der Waals surface area contributed by atoms with Crippen LogP contribution in [0.4, 0.5) is 0 Å². The Bertz CT molecular complexity index is 223. The maximum absolute atomic E-state index is 9.74. The van der Waals surface area contributed by atoms with Gasteiger partial charge in [0, 0.05) is 5.56 Å². The van der Waals surface area contributed by atoms with E-state index in [0.717, 1.165) is 0 Å². The van der Waals surface area contributed by atoms with Crippen molar-refractivity contribution in [3.05, 3.63) is 42.1 Å². The molecule has 0 aliphatic rings. The summed E-state index contributed by atoms with van der Waals surface area (Å²) < 4.78 is 4.32. The van der Waals surface area contributed by atoms with Crippen molar-refractivity contribution in [1.29, 1.82) is 0 Å². The zero-order valence-corrected chi connectivity index (χ0v) is 5.78. The van der Waals surface area contributed by atoms with E-state index < -0.39 is 0 Å². The van der Waals surface area contributed by atoms with Gasteiger partial charge < -0.3 is 4.74 Å². The van der Waals surface area contributed by atoms with Crippen molar-refractivity contribution in [2.45, 2.75) is 0 Å². The molecule has 0 atom stereocenters. The standard InChI is InChI=1S/C8H7NO2/c9-8(11-6-10)7-4-2-1-3-5-7/h1-5H,9H2. The van der Waals surface area contributed by atoms with Crippen molar-refractivity contribution in [2.24, 2.45) is 5.73 Å². The molecule has 0 aliphatic heterocycles. The molecule has 1 rings (SSSR count). The highest BCUT2D eigenvalue weighted by Crippen LogP contribution is 2.07. The maximum Gasteiger partial charge on any atom is 0.419 e. The number of rotatable bonds is 3. The first-order chi connectivity index (χ1) is 5.34. The third-order valence-corrected chi connectivity index (χ3v) is 1.21. The van der Waals surface area contributed by atoms with Gasteiger partial charge in [-0.15, -0.1) is 0 Å². The fraction of sp³-hybridized carbons (Fsp3) is 0. The van der Waals surface area contributed by atoms with Gasteiger partial charge in [0.1, 0.15) is 0 Å². The van der Waals surface area contributed by atoms with Gasteiger partial charge in [-0.25, -0.2) is 4.79 Å². The summed E-state index contributed by atoms with van der Waals surface area (Å²) in [7, 11) is 0. The normalized spacial score (nSPS) is 9.64. The lowest BCUT2D eigenvalue weighted by molar-refractivity contribution is 0.306. The zero-order valence-electron chi connectivity index (χ0n) is 5.78. The summed E-state index contributed by atoms with van der Waals surface area (Å²) in [4.78, 5) is 9.74. The molecule has 0 unspecified atom stereocenters. The number of hydrogen-bond donors (Lipinski definition) is 1. The molecule has 2 radical (unpaired) electrons. The average molecular weight is 149 g/mol. The highest BCUT2D eigenvalue weighted by atomic mass is 16.5. The Hall–Kier alpha value is -1.35. The van der Waals surface area contributed by atoms with Crippen LogP contribution in [0.25, 0.3) is 0 Å². The quantitative estimate of drug-likeness (QED) is 0.683. The van der Waals surface area contributed by atoms with Crippen LogP contribution in [-0.4, -0.2) is 6.47 Å². The SMILES string of the molecule is N[C](O[C]=O)c1ccccc1. The van der Waals surface area contributed by atoms with Crippen molar-refractivity contribution in [3.63, 3.8) is 0 Å². The van der Waals surface area contributed by atoms with Crippen LogP contribution < -0.4 is 5.73 Å². The lowest BCUT2D eigenvalue weighted by Gasteiger charge is -2.04. The fourth-order valence-electron chi connectivity index (χ4n) is 0.706. The first-order valence-electron chi connectivity index (χ1n) is 3.06. The number of nitrogens with two attached hydrogens (primary N) is 1. The van der Waals surface area contributed by atoms with Gasteiger partial charge in [-0.1, -0.05) is 30.3 Å². The number of ether oxygens (including phenoxy) is 1. The summed E-state index contributed by atoms with van der Waals surface area (Å²) in [5, 5.41) is 0. The van der Waals surface area contributed by atoms with Crippen LogP contribution in [0.3, 0.4) is 0 Å². The van der Waals surface area contributed by atoms with E-state index in [9.17, 15) is 4.79 Å². The van der Waals surface area contributed by atoms with E-state index in [2.05, 4.69) is 4.74 Å². The van der Waals surface area contributed by atoms with Crippen molar-refractivity contribution in [3.8, 4) is 0 Å². The number of benzene rings is 1. The van der Waals surface area contributed by atoms with E-state index in [1.54, 1.807) is 24.3 Å². The van der Waals surface area contributed by atoms with Gasteiger partial charge in [0.05, 0.1) is 0 Å². The molecule has 0 saturated heterocycles. The highest BCUT2D eigenvalue weighted by Gasteiger charge is 2.06. The summed E-state index contributed by atoms with van der Waals surface area (Å²) in [6, 6.07) is 8.94. The summed E-state index contributed by atoms with van der Waals surface area (Å²) in [5.74, 6) is 0. The zero-order chi connectivity index (χ0) is 8.10. The van der Waals surface area contributed by atoms with Gasteiger partial charge in [0.2, 0.25) is 6.23 Å². The van der Waals surface area contributed by atoms with Crippen LogP contribution in [0.1, 0.15) is 5.56 Å². The number of carbonyl (C=O) groups excluding carboxylic acids is 1. The lowest BCUT2D eigenvalue weighted by Crippen LogP contribution is -2.14. The van der Waals surface area contributed by atoms with E-state index in [1.165, 1.54) is 6.47 Å². The molecule has 0 saturated carbocycles. The Morgan fingerprint density at radius 2 is 2.00 bits per heavy atom. The minimum atomic E-state index is 0.0700. The predicted molar refractivity (Wildman–Crippen MR) is 39.8 cm³/mol. The molecule has 1 aromatic carbocycles. The average Bonchev–Trinajstić information content (AvgIpc) is 2.07. The Labute approximate surface area is 64.8 Å². The van der Waals surface area contributed by atoms with Crippen LogP contribution >= 0.6 is 0 Å². The molecule has 0 heterocycles. The highest BCUT2D eigenvalue weighted by molar-refractivity contribution is 5.42. The second-order valence-corrected chi connectivity index (χ2v) is 1.92. The first kappa shape index (κ1) is 7.75. The summed E-state index contributed by atoms with van der Waals surface area (Å²) in [6.45, 7) is 1.25. The second kappa shape index (κ2) is 3.73. The molecular formula is C8H7NO2. The molecule has 3 nitrogen and oxygen atoms in total. The van der Waals surface area contributed by atoms with Crippen molar-refractivity contribution < 1.29 is 9.53 Å². The van der Waals surface area contributed by atoms with E-state index in [-0.39, 0.29) is 6.23 Å². The Balaban J connectivity index is 2.68. The Morgan fingerprint density at radius 1 is 1.36 bits per heavy atom. The van der Waals surface area contributed by atoms with Crippen LogP contribution in [0.2, 0.25) is 0 Å². The van der Waals surface area contributed by atoms with E-state index in [0.29, 0.717) is 5.56 Å². The van der Waals surface area contributed by atoms with Gasteiger partial charge in [-0.05, 0) is 0 Å². The van der Waals surface area contributed by atoms with Crippen molar-refractivity contribution in [2.75, 3.05) is 0 Å². The van der Waals surface area contributed by atoms with Gasteiger partial charge >= 0.3 is 6.47 Å². The topological polar surface area (TPSA) is 52.3 Å². The van der Waals surface area contributed by atoms with Gasteiger partial charge in [0.15, 0.2) is 0 Å². The Kier molecular flexibility index (Phi) is 2.63. The van der Waals surface area contributed by atoms with Crippen LogP contribution in [0, 0.1) is 6.23 Å². The molecule has 0 fully saturated rings. The smallest absolute Gasteiger partial charge is 0.419 e. The minimum absolute atomic E-state index is 0.0700. The van der Waals surface area contributed by atoms with Crippen LogP contribution in [0.15, 0.2) is 30.3 Å². The fourth-order valence-corrected chi connectivity index (χ4v) is 0.706. The largest absolute Gasteiger partial charge is 0.425 e. The molecule has 0 amide bonds. The van der Waals surface area contributed by atoms with Crippen LogP contribution in [-0.2, 0) is 9.53 Å². The molecule has 3 heteroatoms. The monoisotopic (exact) mass is 149 g/mol. The third-order valence-electron chi connectivity index (χ3n) is 1.21. The van der Waals surface area contributed by atoms with Crippen molar-refractivity contribution in [1.82, 2.24) is 0 Å². The molecule has 0 aromatic heterocycles. The Morgan fingerprint density at radius 3 is 2.55 bits per heavy atom. The molecule has 1 aromatic rings. The molecule has 2 N–H and O–H groups in total. The first-order valence-corrected chi connectivity index (χ1v) is 3.06. The van der Waals surface area contributed by atoms with Crippen molar-refractivity contribution >= 4 is 6.47 Å². The van der Waals surface area contributed by atoms with E-state index in [1.807, 2.05) is 6.07 Å². The number of hydrogen-bond acceptors (Lipinski definition) is 3. The second-order valence-electron chi connectivity index (χ2n) is 1.92. The maximum atomic E-state index is 9.74. The van der Waals surface area contributed by atoms with E-state index in [4.69, 9.17) is 5.73 Å². The molecule has 0 aliphatic carbocycles. The molecular weight excluding hydrogens is 142 g/mol. The summed E-state index contributed by atoms with van der Waals surface area (Å²) in [6.07, 6.45) is 0.0700. The van der Waals surface area contributed by atoms with Gasteiger partial charge in [-0.3, -0.25) is 5.73 Å². The molecule has 56 valence electrons. The molecule has 11 heavy (non-hydrogen) atoms. The predicted octanol–water partition coefficient (Wildman–Crippen LogP) is 0.567. The van der Waals surface area contributed by atoms with Crippen LogP contribution in [0.5, 0.6) is 0 Å². The van der Waals surface area contributed by atoms with Gasteiger partial charge in [0.25, 0.3) is 0 Å². The van der Waals surface area contributed by atoms with Gasteiger partial charge in [-0.2, -0.15) is 0 Å². The summed E-state index contributed by atoms with van der Waals surface area (Å²) in [5.41, 5.74) is 6.01. The molecule has 0 bridgehead atoms. The van der Waals surface area contributed by atoms with E-state index >= 15 is 0 Å². The third kappa shape index (κ3) is 2.05. The molecule has 0 spiro atoms. The summed E-state index contributed by atoms with van der Waals surface area (Å²) >= 11 is 0.